The van der Waals surface area contributed by atoms with Crippen LogP contribution in [0.2, 0.25) is 0 Å². The van der Waals surface area contributed by atoms with Crippen molar-refractivity contribution in [1.82, 2.24) is 10.6 Å². The Morgan fingerprint density at radius 1 is 1.43 bits per heavy atom. The summed E-state index contributed by atoms with van der Waals surface area (Å²) in [6, 6.07) is 2.54. The minimum Gasteiger partial charge on any atom is -0.353 e. The zero-order valence-corrected chi connectivity index (χ0v) is 8.38. The molecule has 2 N–H and O–H groups in total. The van der Waals surface area contributed by atoms with E-state index in [1.54, 1.807) is 0 Å². The molecule has 4 heteroatoms. The van der Waals surface area contributed by atoms with Gasteiger partial charge in [0.2, 0.25) is 5.91 Å². The third-order valence-electron chi connectivity index (χ3n) is 2.11. The molecule has 0 bridgehead atoms. The predicted molar refractivity (Wildman–Crippen MR) is 53.5 cm³/mol. The monoisotopic (exact) mass is 195 g/mol. The van der Waals surface area contributed by atoms with Crippen LogP contribution in [0.25, 0.3) is 0 Å². The molecule has 0 atom stereocenters. The molecule has 4 nitrogen and oxygen atoms in total. The average molecular weight is 195 g/mol. The van der Waals surface area contributed by atoms with Gasteiger partial charge in [0.15, 0.2) is 0 Å². The summed E-state index contributed by atoms with van der Waals surface area (Å²) in [6.45, 7) is 1.54. The fourth-order valence-electron chi connectivity index (χ4n) is 1.15. The quantitative estimate of drug-likeness (QED) is 0.583. The van der Waals surface area contributed by atoms with Crippen LogP contribution < -0.4 is 10.6 Å². The first kappa shape index (κ1) is 11.0. The second-order valence-corrected chi connectivity index (χ2v) is 3.60. The van der Waals surface area contributed by atoms with Crippen LogP contribution in [-0.4, -0.2) is 25.0 Å². The second kappa shape index (κ2) is 6.39. The zero-order chi connectivity index (χ0) is 10.2. The maximum atomic E-state index is 11.2. The van der Waals surface area contributed by atoms with Gasteiger partial charge in [-0.15, -0.1) is 0 Å². The first-order valence-corrected chi connectivity index (χ1v) is 5.20. The number of amides is 1. The molecule has 1 aliphatic rings. The minimum atomic E-state index is 0.139. The molecular weight excluding hydrogens is 178 g/mol. The average Bonchev–Trinajstić information content (AvgIpc) is 2.95. The highest BCUT2D eigenvalue weighted by atomic mass is 16.1. The summed E-state index contributed by atoms with van der Waals surface area (Å²) < 4.78 is 0. The standard InChI is InChI=1S/C10H17N3O/c11-6-1-2-7-12-8-5-10(14)13-9-3-4-9/h9,12H,1-5,7-8H2,(H,13,14). The Balaban J connectivity index is 1.82. The molecule has 1 amide bonds. The topological polar surface area (TPSA) is 64.9 Å². The van der Waals surface area contributed by atoms with Crippen LogP contribution in [0.1, 0.15) is 32.1 Å². The number of hydrogen-bond donors (Lipinski definition) is 2. The number of nitrogens with zero attached hydrogens (tertiary/aromatic N) is 1. The molecule has 1 saturated carbocycles. The van der Waals surface area contributed by atoms with Gasteiger partial charge < -0.3 is 10.6 Å². The van der Waals surface area contributed by atoms with E-state index >= 15 is 0 Å². The van der Waals surface area contributed by atoms with Crippen LogP contribution in [0.15, 0.2) is 0 Å². The van der Waals surface area contributed by atoms with E-state index < -0.39 is 0 Å². The lowest BCUT2D eigenvalue weighted by Crippen LogP contribution is -2.29. The smallest absolute Gasteiger partial charge is 0.221 e. The zero-order valence-electron chi connectivity index (χ0n) is 8.38. The Bertz CT molecular complexity index is 218. The Hall–Kier alpha value is -1.08. The largest absolute Gasteiger partial charge is 0.353 e. The van der Waals surface area contributed by atoms with Gasteiger partial charge >= 0.3 is 0 Å². The van der Waals surface area contributed by atoms with E-state index in [-0.39, 0.29) is 5.91 Å². The number of rotatable bonds is 7. The molecule has 0 aromatic carbocycles. The molecule has 1 rings (SSSR count). The van der Waals surface area contributed by atoms with Gasteiger partial charge in [0.1, 0.15) is 0 Å². The highest BCUT2D eigenvalue weighted by Crippen LogP contribution is 2.18. The lowest BCUT2D eigenvalue weighted by atomic mass is 10.3. The van der Waals surface area contributed by atoms with E-state index in [2.05, 4.69) is 16.7 Å². The van der Waals surface area contributed by atoms with Crippen LogP contribution in [-0.2, 0) is 4.79 Å². The van der Waals surface area contributed by atoms with Crippen LogP contribution in [0, 0.1) is 11.3 Å². The molecule has 0 aromatic heterocycles. The number of hydrogen-bond acceptors (Lipinski definition) is 3. The summed E-state index contributed by atoms with van der Waals surface area (Å²) in [5, 5.41) is 14.3. The molecule has 14 heavy (non-hydrogen) atoms. The van der Waals surface area contributed by atoms with E-state index in [0.29, 0.717) is 25.4 Å². The fraction of sp³-hybridized carbons (Fsp3) is 0.800. The van der Waals surface area contributed by atoms with E-state index in [1.807, 2.05) is 0 Å². The normalized spacial score (nSPS) is 14.8. The second-order valence-electron chi connectivity index (χ2n) is 3.60. The maximum absolute atomic E-state index is 11.2. The third kappa shape index (κ3) is 5.55. The Morgan fingerprint density at radius 3 is 2.86 bits per heavy atom. The lowest BCUT2D eigenvalue weighted by Gasteiger charge is -2.04. The van der Waals surface area contributed by atoms with Gasteiger partial charge in [-0.3, -0.25) is 4.79 Å². The van der Waals surface area contributed by atoms with Crippen molar-refractivity contribution in [2.24, 2.45) is 0 Å². The number of carbonyl (C=O) groups is 1. The van der Waals surface area contributed by atoms with Crippen LogP contribution in [0.3, 0.4) is 0 Å². The molecule has 0 spiro atoms. The van der Waals surface area contributed by atoms with Crippen molar-refractivity contribution < 1.29 is 4.79 Å². The maximum Gasteiger partial charge on any atom is 0.221 e. The van der Waals surface area contributed by atoms with Crippen molar-refractivity contribution in [2.45, 2.75) is 38.1 Å². The van der Waals surface area contributed by atoms with Crippen molar-refractivity contribution in [1.29, 1.82) is 5.26 Å². The molecule has 0 unspecified atom stereocenters. The Labute approximate surface area is 84.7 Å². The molecule has 1 fully saturated rings. The highest BCUT2D eigenvalue weighted by Gasteiger charge is 2.22. The Morgan fingerprint density at radius 2 is 2.21 bits per heavy atom. The van der Waals surface area contributed by atoms with Crippen molar-refractivity contribution in [2.75, 3.05) is 13.1 Å². The first-order valence-electron chi connectivity index (χ1n) is 5.20. The van der Waals surface area contributed by atoms with Gasteiger partial charge in [-0.05, 0) is 25.8 Å². The van der Waals surface area contributed by atoms with Gasteiger partial charge in [0, 0.05) is 25.4 Å². The molecule has 1 aliphatic carbocycles. The fourth-order valence-corrected chi connectivity index (χ4v) is 1.15. The van der Waals surface area contributed by atoms with Gasteiger partial charge in [0.05, 0.1) is 6.07 Å². The molecule has 0 heterocycles. The summed E-state index contributed by atoms with van der Waals surface area (Å²) in [7, 11) is 0. The molecule has 0 aliphatic heterocycles. The highest BCUT2D eigenvalue weighted by molar-refractivity contribution is 5.76. The predicted octanol–water partition coefficient (Wildman–Crippen LogP) is 0.548. The van der Waals surface area contributed by atoms with Crippen molar-refractivity contribution in [3.63, 3.8) is 0 Å². The lowest BCUT2D eigenvalue weighted by molar-refractivity contribution is -0.121. The summed E-state index contributed by atoms with van der Waals surface area (Å²) in [5.41, 5.74) is 0. The van der Waals surface area contributed by atoms with Crippen LogP contribution in [0.4, 0.5) is 0 Å². The number of nitrogens with one attached hydrogen (secondary N) is 2. The molecule has 0 radical (unpaired) electrons. The van der Waals surface area contributed by atoms with Crippen LogP contribution in [0.5, 0.6) is 0 Å². The number of carbonyl (C=O) groups excluding carboxylic acids is 1. The van der Waals surface area contributed by atoms with Gasteiger partial charge in [-0.25, -0.2) is 0 Å². The molecule has 0 aromatic rings. The van der Waals surface area contributed by atoms with Crippen molar-refractivity contribution in [3.05, 3.63) is 0 Å². The summed E-state index contributed by atoms with van der Waals surface area (Å²) >= 11 is 0. The third-order valence-corrected chi connectivity index (χ3v) is 2.11. The van der Waals surface area contributed by atoms with E-state index in [4.69, 9.17) is 5.26 Å². The van der Waals surface area contributed by atoms with E-state index in [1.165, 1.54) is 0 Å². The minimum absolute atomic E-state index is 0.139. The van der Waals surface area contributed by atoms with E-state index in [9.17, 15) is 4.79 Å². The van der Waals surface area contributed by atoms with Gasteiger partial charge in [-0.2, -0.15) is 5.26 Å². The van der Waals surface area contributed by atoms with Gasteiger partial charge in [0.25, 0.3) is 0 Å². The van der Waals surface area contributed by atoms with Crippen LogP contribution >= 0.6 is 0 Å². The summed E-state index contributed by atoms with van der Waals surface area (Å²) in [5.74, 6) is 0.139. The van der Waals surface area contributed by atoms with Crippen molar-refractivity contribution >= 4 is 5.91 Å². The van der Waals surface area contributed by atoms with E-state index in [0.717, 1.165) is 25.8 Å². The SMILES string of the molecule is N#CCCCNCCC(=O)NC1CC1. The number of nitriles is 1. The summed E-state index contributed by atoms with van der Waals surface area (Å²) in [4.78, 5) is 11.2. The molecule has 0 saturated heterocycles. The molecule has 78 valence electrons. The van der Waals surface area contributed by atoms with Crippen molar-refractivity contribution in [3.8, 4) is 6.07 Å². The number of unbranched alkanes of at least 4 members (excludes halogenated alkanes) is 1. The molecular formula is C10H17N3O. The summed E-state index contributed by atoms with van der Waals surface area (Å²) in [6.07, 6.45) is 4.27. The first-order chi connectivity index (χ1) is 6.83. The Kier molecular flexibility index (Phi) is 5.02. The van der Waals surface area contributed by atoms with Gasteiger partial charge in [-0.1, -0.05) is 0 Å².